The molecule has 1 aromatic carbocycles. The van der Waals surface area contributed by atoms with Crippen LogP contribution in [0.5, 0.6) is 5.75 Å². The van der Waals surface area contributed by atoms with Gasteiger partial charge in [-0.1, -0.05) is 23.2 Å². The Hall–Kier alpha value is -1.30. The van der Waals surface area contributed by atoms with Crippen molar-refractivity contribution >= 4 is 40.5 Å². The van der Waals surface area contributed by atoms with E-state index in [4.69, 9.17) is 33.0 Å². The summed E-state index contributed by atoms with van der Waals surface area (Å²) in [6, 6.07) is 3.27. The van der Waals surface area contributed by atoms with Gasteiger partial charge in [0, 0.05) is 16.0 Å². The Bertz CT molecular complexity index is 627. The third kappa shape index (κ3) is 3.18. The minimum absolute atomic E-state index is 0.110. The van der Waals surface area contributed by atoms with Crippen molar-refractivity contribution in [2.75, 3.05) is 7.11 Å². The van der Waals surface area contributed by atoms with E-state index in [-0.39, 0.29) is 6.42 Å². The molecule has 19 heavy (non-hydrogen) atoms. The summed E-state index contributed by atoms with van der Waals surface area (Å²) in [6.45, 7) is 0. The number of hydrogen-bond donors (Lipinski definition) is 1. The Labute approximate surface area is 123 Å². The highest BCUT2D eigenvalue weighted by molar-refractivity contribution is 7.10. The summed E-state index contributed by atoms with van der Waals surface area (Å²) in [5, 5.41) is 11.9. The van der Waals surface area contributed by atoms with Gasteiger partial charge in [0.05, 0.1) is 24.2 Å². The van der Waals surface area contributed by atoms with Crippen molar-refractivity contribution in [2.24, 2.45) is 0 Å². The fraction of sp³-hybridized carbons (Fsp3) is 0.167. The molecule has 0 saturated heterocycles. The van der Waals surface area contributed by atoms with Gasteiger partial charge in [0.15, 0.2) is 0 Å². The normalized spacial score (nSPS) is 10.5. The lowest BCUT2D eigenvalue weighted by molar-refractivity contribution is -0.136. The van der Waals surface area contributed by atoms with E-state index < -0.39 is 5.97 Å². The van der Waals surface area contributed by atoms with Gasteiger partial charge in [0.25, 0.3) is 0 Å². The first-order valence-corrected chi connectivity index (χ1v) is 6.84. The van der Waals surface area contributed by atoms with Crippen LogP contribution in [0, 0.1) is 0 Å². The summed E-state index contributed by atoms with van der Waals surface area (Å²) in [5.41, 5.74) is 1.25. The second-order valence-electron chi connectivity index (χ2n) is 3.67. The quantitative estimate of drug-likeness (QED) is 0.932. The van der Waals surface area contributed by atoms with Crippen LogP contribution in [0.2, 0.25) is 10.0 Å². The third-order valence-corrected chi connectivity index (χ3v) is 3.69. The highest BCUT2D eigenvalue weighted by Gasteiger charge is 2.15. The number of aliphatic carboxylic acids is 1. The van der Waals surface area contributed by atoms with E-state index in [0.29, 0.717) is 32.1 Å². The second-order valence-corrected chi connectivity index (χ2v) is 5.45. The first-order chi connectivity index (χ1) is 9.01. The van der Waals surface area contributed by atoms with Gasteiger partial charge in [-0.05, 0) is 12.1 Å². The average Bonchev–Trinajstić information content (AvgIpc) is 2.75. The first kappa shape index (κ1) is 14.1. The average molecular weight is 318 g/mol. The minimum atomic E-state index is -0.919. The number of carboxylic acid groups (broad SMARTS) is 1. The molecule has 1 heterocycles. The number of aromatic nitrogens is 1. The van der Waals surface area contributed by atoms with E-state index in [1.807, 2.05) is 0 Å². The van der Waals surface area contributed by atoms with Crippen LogP contribution >= 0.6 is 34.5 Å². The van der Waals surface area contributed by atoms with Gasteiger partial charge in [-0.3, -0.25) is 4.79 Å². The van der Waals surface area contributed by atoms with E-state index in [0.717, 1.165) is 0 Å². The molecule has 0 aliphatic rings. The Balaban J connectivity index is 2.46. The lowest BCUT2D eigenvalue weighted by atomic mass is 10.1. The molecular formula is C12H9Cl2NO3S. The molecule has 0 unspecified atom stereocenters. The zero-order valence-electron chi connectivity index (χ0n) is 9.81. The van der Waals surface area contributed by atoms with Crippen molar-refractivity contribution in [1.29, 1.82) is 0 Å². The molecule has 0 atom stereocenters. The predicted octanol–water partition coefficient (Wildman–Crippen LogP) is 3.75. The molecule has 100 valence electrons. The standard InChI is InChI=1S/C12H9Cl2NO3S/c1-18-12-7(2-6(13)3-8(12)14)9-5-19-10(15-9)4-11(16)17/h2-3,5H,4H2,1H3,(H,16,17). The fourth-order valence-corrected chi connectivity index (χ4v) is 2.96. The van der Waals surface area contributed by atoms with Gasteiger partial charge in [0.2, 0.25) is 0 Å². The van der Waals surface area contributed by atoms with Gasteiger partial charge in [-0.2, -0.15) is 0 Å². The van der Waals surface area contributed by atoms with E-state index in [2.05, 4.69) is 4.98 Å². The number of carboxylic acids is 1. The molecule has 1 N–H and O–H groups in total. The first-order valence-electron chi connectivity index (χ1n) is 5.21. The van der Waals surface area contributed by atoms with Crippen LogP contribution in [0.4, 0.5) is 0 Å². The number of halogens is 2. The SMILES string of the molecule is COc1c(Cl)cc(Cl)cc1-c1csc(CC(=O)O)n1. The van der Waals surface area contributed by atoms with Crippen molar-refractivity contribution in [3.63, 3.8) is 0 Å². The Morgan fingerprint density at radius 2 is 2.21 bits per heavy atom. The van der Waals surface area contributed by atoms with Crippen LogP contribution in [-0.4, -0.2) is 23.2 Å². The fourth-order valence-electron chi connectivity index (χ4n) is 1.60. The third-order valence-electron chi connectivity index (χ3n) is 2.34. The highest BCUT2D eigenvalue weighted by atomic mass is 35.5. The lowest BCUT2D eigenvalue weighted by Crippen LogP contribution is -1.99. The molecule has 0 radical (unpaired) electrons. The van der Waals surface area contributed by atoms with E-state index in [1.165, 1.54) is 18.4 Å². The van der Waals surface area contributed by atoms with Crippen molar-refractivity contribution in [1.82, 2.24) is 4.98 Å². The van der Waals surface area contributed by atoms with Crippen LogP contribution in [0.1, 0.15) is 5.01 Å². The summed E-state index contributed by atoms with van der Waals surface area (Å²) in [7, 11) is 1.50. The van der Waals surface area contributed by atoms with Crippen molar-refractivity contribution in [3.8, 4) is 17.0 Å². The highest BCUT2D eigenvalue weighted by Crippen LogP contribution is 2.39. The van der Waals surface area contributed by atoms with Crippen LogP contribution in [-0.2, 0) is 11.2 Å². The van der Waals surface area contributed by atoms with E-state index in [1.54, 1.807) is 17.5 Å². The molecular weight excluding hydrogens is 309 g/mol. The smallest absolute Gasteiger partial charge is 0.310 e. The summed E-state index contributed by atoms with van der Waals surface area (Å²) in [6.07, 6.45) is -0.110. The number of carbonyl (C=O) groups is 1. The Morgan fingerprint density at radius 1 is 1.47 bits per heavy atom. The molecule has 4 nitrogen and oxygen atoms in total. The molecule has 2 rings (SSSR count). The molecule has 0 spiro atoms. The van der Waals surface area contributed by atoms with Gasteiger partial charge >= 0.3 is 5.97 Å². The number of ether oxygens (including phenoxy) is 1. The predicted molar refractivity (Wildman–Crippen MR) is 75.5 cm³/mol. The summed E-state index contributed by atoms with van der Waals surface area (Å²) < 4.78 is 5.23. The monoisotopic (exact) mass is 317 g/mol. The molecule has 7 heteroatoms. The van der Waals surface area contributed by atoms with Crippen LogP contribution < -0.4 is 4.74 Å². The maximum atomic E-state index is 10.6. The number of thiazole rings is 1. The Kier molecular flexibility index (Phi) is 4.29. The van der Waals surface area contributed by atoms with Gasteiger partial charge in [-0.25, -0.2) is 4.98 Å². The largest absolute Gasteiger partial charge is 0.494 e. The number of nitrogens with zero attached hydrogens (tertiary/aromatic N) is 1. The van der Waals surface area contributed by atoms with Crippen molar-refractivity contribution in [2.45, 2.75) is 6.42 Å². The van der Waals surface area contributed by atoms with E-state index in [9.17, 15) is 4.79 Å². The minimum Gasteiger partial charge on any atom is -0.494 e. The van der Waals surface area contributed by atoms with Crippen molar-refractivity contribution in [3.05, 3.63) is 32.6 Å². The second kappa shape index (κ2) is 5.77. The number of rotatable bonds is 4. The van der Waals surface area contributed by atoms with E-state index >= 15 is 0 Å². The molecule has 0 amide bonds. The molecule has 0 aliphatic heterocycles. The molecule has 2 aromatic rings. The molecule has 1 aromatic heterocycles. The van der Waals surface area contributed by atoms with Gasteiger partial charge in [-0.15, -0.1) is 11.3 Å². The zero-order chi connectivity index (χ0) is 14.0. The van der Waals surface area contributed by atoms with Crippen molar-refractivity contribution < 1.29 is 14.6 Å². The summed E-state index contributed by atoms with van der Waals surface area (Å²) >= 11 is 13.3. The molecule has 0 aliphatic carbocycles. The Morgan fingerprint density at radius 3 is 2.84 bits per heavy atom. The maximum absolute atomic E-state index is 10.6. The number of benzene rings is 1. The zero-order valence-corrected chi connectivity index (χ0v) is 12.1. The van der Waals surface area contributed by atoms with Gasteiger partial charge < -0.3 is 9.84 Å². The number of hydrogen-bond acceptors (Lipinski definition) is 4. The summed E-state index contributed by atoms with van der Waals surface area (Å²) in [5.74, 6) is -0.449. The van der Waals surface area contributed by atoms with Crippen LogP contribution in [0.25, 0.3) is 11.3 Å². The number of methoxy groups -OCH3 is 1. The lowest BCUT2D eigenvalue weighted by Gasteiger charge is -2.09. The topological polar surface area (TPSA) is 59.4 Å². The summed E-state index contributed by atoms with van der Waals surface area (Å²) in [4.78, 5) is 14.9. The van der Waals surface area contributed by atoms with Crippen LogP contribution in [0.3, 0.4) is 0 Å². The molecule has 0 bridgehead atoms. The molecule has 0 saturated carbocycles. The van der Waals surface area contributed by atoms with Crippen LogP contribution in [0.15, 0.2) is 17.5 Å². The van der Waals surface area contributed by atoms with Gasteiger partial charge in [0.1, 0.15) is 10.8 Å². The maximum Gasteiger partial charge on any atom is 0.310 e. The molecule has 0 fully saturated rings.